The van der Waals surface area contributed by atoms with Crippen molar-refractivity contribution in [2.75, 3.05) is 0 Å². The lowest BCUT2D eigenvalue weighted by Gasteiger charge is -2.23. The summed E-state index contributed by atoms with van der Waals surface area (Å²) >= 11 is 7.48. The highest BCUT2D eigenvalue weighted by molar-refractivity contribution is 7.98. The van der Waals surface area contributed by atoms with Crippen LogP contribution in [0.1, 0.15) is 38.5 Å². The first-order valence-electron chi connectivity index (χ1n) is 6.32. The number of benzene rings is 1. The van der Waals surface area contributed by atoms with Crippen LogP contribution >= 0.6 is 23.4 Å². The predicted octanol–water partition coefficient (Wildman–Crippen LogP) is 4.06. The van der Waals surface area contributed by atoms with Gasteiger partial charge in [0.1, 0.15) is 0 Å². The summed E-state index contributed by atoms with van der Waals surface area (Å²) in [6, 6.07) is 7.40. The lowest BCUT2D eigenvalue weighted by atomic mass is 9.87. The fourth-order valence-electron chi connectivity index (χ4n) is 1.50. The maximum Gasteiger partial charge on any atom is 0.244 e. The molecular formula is C14H18ClN3OS. The Morgan fingerprint density at radius 1 is 1.30 bits per heavy atom. The van der Waals surface area contributed by atoms with Gasteiger partial charge in [0.15, 0.2) is 5.82 Å². The van der Waals surface area contributed by atoms with Crippen molar-refractivity contribution in [2.45, 2.75) is 37.5 Å². The second kappa shape index (κ2) is 6.16. The summed E-state index contributed by atoms with van der Waals surface area (Å²) in [5, 5.41) is 4.70. The van der Waals surface area contributed by atoms with Crippen molar-refractivity contribution in [1.82, 2.24) is 10.1 Å². The lowest BCUT2D eigenvalue weighted by molar-refractivity contribution is 0.252. The molecule has 0 aliphatic rings. The largest absolute Gasteiger partial charge is 0.338 e. The van der Waals surface area contributed by atoms with Crippen LogP contribution in [-0.2, 0) is 5.75 Å². The fraction of sp³-hybridized carbons (Fsp3) is 0.429. The Labute approximate surface area is 128 Å². The molecule has 0 spiro atoms. The summed E-state index contributed by atoms with van der Waals surface area (Å²) < 4.78 is 5.24. The molecule has 108 valence electrons. The SMILES string of the molecule is CC(C)(C)[C@@H](N)c1nc(CSc2ccc(Cl)cc2)no1. The monoisotopic (exact) mass is 311 g/mol. The molecule has 0 amide bonds. The molecule has 1 aromatic heterocycles. The van der Waals surface area contributed by atoms with Gasteiger partial charge in [-0.05, 0) is 29.7 Å². The second-order valence-corrected chi connectivity index (χ2v) is 7.12. The third-order valence-electron chi connectivity index (χ3n) is 2.86. The van der Waals surface area contributed by atoms with E-state index in [1.165, 1.54) is 0 Å². The van der Waals surface area contributed by atoms with E-state index in [1.807, 2.05) is 45.0 Å². The molecule has 2 rings (SSSR count). The van der Waals surface area contributed by atoms with Crippen LogP contribution in [0, 0.1) is 5.41 Å². The number of halogens is 1. The van der Waals surface area contributed by atoms with Crippen LogP contribution in [0.15, 0.2) is 33.7 Å². The molecule has 0 aliphatic carbocycles. The Morgan fingerprint density at radius 2 is 1.95 bits per heavy atom. The van der Waals surface area contributed by atoms with Crippen molar-refractivity contribution in [1.29, 1.82) is 0 Å². The van der Waals surface area contributed by atoms with E-state index in [0.29, 0.717) is 17.5 Å². The van der Waals surface area contributed by atoms with Crippen LogP contribution in [-0.4, -0.2) is 10.1 Å². The van der Waals surface area contributed by atoms with Crippen LogP contribution in [0.3, 0.4) is 0 Å². The Kier molecular flexibility index (Phi) is 4.73. The summed E-state index contributed by atoms with van der Waals surface area (Å²) in [6.45, 7) is 6.14. The predicted molar refractivity (Wildman–Crippen MR) is 81.7 cm³/mol. The molecule has 1 heterocycles. The topological polar surface area (TPSA) is 64.9 Å². The zero-order valence-corrected chi connectivity index (χ0v) is 13.3. The maximum absolute atomic E-state index is 6.09. The van der Waals surface area contributed by atoms with Crippen molar-refractivity contribution in [2.24, 2.45) is 11.1 Å². The number of nitrogens with zero attached hydrogens (tertiary/aromatic N) is 2. The molecule has 0 fully saturated rings. The van der Waals surface area contributed by atoms with Crippen molar-refractivity contribution in [3.8, 4) is 0 Å². The quantitative estimate of drug-likeness (QED) is 0.862. The molecule has 0 radical (unpaired) electrons. The molecule has 0 unspecified atom stereocenters. The van der Waals surface area contributed by atoms with E-state index in [2.05, 4.69) is 10.1 Å². The molecule has 1 aromatic carbocycles. The molecular weight excluding hydrogens is 294 g/mol. The minimum atomic E-state index is -0.260. The first-order chi connectivity index (χ1) is 9.36. The first kappa shape index (κ1) is 15.4. The molecule has 0 bridgehead atoms. The van der Waals surface area contributed by atoms with E-state index in [9.17, 15) is 0 Å². The number of hydrogen-bond acceptors (Lipinski definition) is 5. The van der Waals surface area contributed by atoms with Crippen LogP contribution in [0.25, 0.3) is 0 Å². The van der Waals surface area contributed by atoms with Gasteiger partial charge in [-0.3, -0.25) is 0 Å². The fourth-order valence-corrected chi connectivity index (χ4v) is 2.37. The van der Waals surface area contributed by atoms with Gasteiger partial charge in [-0.2, -0.15) is 4.98 Å². The third-order valence-corrected chi connectivity index (χ3v) is 4.12. The van der Waals surface area contributed by atoms with Gasteiger partial charge in [0.2, 0.25) is 5.89 Å². The van der Waals surface area contributed by atoms with Crippen molar-refractivity contribution in [3.05, 3.63) is 41.0 Å². The van der Waals surface area contributed by atoms with Gasteiger partial charge in [0, 0.05) is 9.92 Å². The van der Waals surface area contributed by atoms with Crippen molar-refractivity contribution < 1.29 is 4.52 Å². The molecule has 0 aliphatic heterocycles. The molecule has 1 atom stereocenters. The number of nitrogens with two attached hydrogens (primary N) is 1. The highest BCUT2D eigenvalue weighted by Crippen LogP contribution is 2.30. The van der Waals surface area contributed by atoms with Crippen LogP contribution in [0.2, 0.25) is 5.02 Å². The summed E-state index contributed by atoms with van der Waals surface area (Å²) in [5.74, 6) is 1.78. The third kappa shape index (κ3) is 3.98. The average Bonchev–Trinajstić information content (AvgIpc) is 2.85. The standard InChI is InChI=1S/C14H18ClN3OS/c1-14(2,3)12(16)13-17-11(18-19-13)8-20-10-6-4-9(15)5-7-10/h4-7,12H,8,16H2,1-3H3/t12-/m0/s1. The first-order valence-corrected chi connectivity index (χ1v) is 7.69. The average molecular weight is 312 g/mol. The normalized spacial score (nSPS) is 13.4. The number of rotatable bonds is 4. The van der Waals surface area contributed by atoms with Gasteiger partial charge in [-0.25, -0.2) is 0 Å². The lowest BCUT2D eigenvalue weighted by Crippen LogP contribution is -2.26. The van der Waals surface area contributed by atoms with Crippen molar-refractivity contribution in [3.63, 3.8) is 0 Å². The minimum absolute atomic E-state index is 0.104. The van der Waals surface area contributed by atoms with E-state index in [4.69, 9.17) is 21.9 Å². The molecule has 6 heteroatoms. The summed E-state index contributed by atoms with van der Waals surface area (Å²) in [5.41, 5.74) is 5.99. The van der Waals surface area contributed by atoms with Gasteiger partial charge in [0.05, 0.1) is 11.8 Å². The summed E-state index contributed by atoms with van der Waals surface area (Å²) in [6.07, 6.45) is 0. The molecule has 2 N–H and O–H groups in total. The van der Waals surface area contributed by atoms with E-state index in [1.54, 1.807) is 11.8 Å². The number of hydrogen-bond donors (Lipinski definition) is 1. The van der Waals surface area contributed by atoms with E-state index >= 15 is 0 Å². The van der Waals surface area contributed by atoms with E-state index in [-0.39, 0.29) is 11.5 Å². The zero-order chi connectivity index (χ0) is 14.8. The Bertz CT molecular complexity index is 563. The van der Waals surface area contributed by atoms with Gasteiger partial charge < -0.3 is 10.3 Å². The number of aromatic nitrogens is 2. The summed E-state index contributed by atoms with van der Waals surface area (Å²) in [4.78, 5) is 5.47. The maximum atomic E-state index is 6.09. The van der Waals surface area contributed by atoms with Gasteiger partial charge in [-0.1, -0.05) is 37.5 Å². The van der Waals surface area contributed by atoms with Gasteiger partial charge in [0.25, 0.3) is 0 Å². The van der Waals surface area contributed by atoms with E-state index < -0.39 is 0 Å². The second-order valence-electron chi connectivity index (χ2n) is 5.64. The van der Waals surface area contributed by atoms with Crippen molar-refractivity contribution >= 4 is 23.4 Å². The van der Waals surface area contributed by atoms with Gasteiger partial charge in [-0.15, -0.1) is 11.8 Å². The van der Waals surface area contributed by atoms with Crippen LogP contribution in [0.5, 0.6) is 0 Å². The Hall–Kier alpha value is -1.04. The van der Waals surface area contributed by atoms with Crippen LogP contribution < -0.4 is 5.73 Å². The molecule has 0 saturated carbocycles. The van der Waals surface area contributed by atoms with E-state index in [0.717, 1.165) is 9.92 Å². The zero-order valence-electron chi connectivity index (χ0n) is 11.8. The van der Waals surface area contributed by atoms with Crippen LogP contribution in [0.4, 0.5) is 0 Å². The Morgan fingerprint density at radius 3 is 2.55 bits per heavy atom. The smallest absolute Gasteiger partial charge is 0.244 e. The Balaban J connectivity index is 1.98. The molecule has 20 heavy (non-hydrogen) atoms. The molecule has 4 nitrogen and oxygen atoms in total. The van der Waals surface area contributed by atoms with Gasteiger partial charge >= 0.3 is 0 Å². The summed E-state index contributed by atoms with van der Waals surface area (Å²) in [7, 11) is 0. The molecule has 2 aromatic rings. The minimum Gasteiger partial charge on any atom is -0.338 e. The highest BCUT2D eigenvalue weighted by Gasteiger charge is 2.27. The highest BCUT2D eigenvalue weighted by atomic mass is 35.5. The number of thioether (sulfide) groups is 1. The molecule has 0 saturated heterocycles.